The maximum atomic E-state index is 14.2. The van der Waals surface area contributed by atoms with Crippen LogP contribution in [0.3, 0.4) is 0 Å². The zero-order valence-corrected chi connectivity index (χ0v) is 28.2. The first kappa shape index (κ1) is 34.8. The number of piperazine rings is 1. The van der Waals surface area contributed by atoms with E-state index in [-0.39, 0.29) is 60.8 Å². The van der Waals surface area contributed by atoms with Gasteiger partial charge in [-0.05, 0) is 50.1 Å². The topological polar surface area (TPSA) is 152 Å². The number of carbonyl (C=O) groups excluding carboxylic acids is 2. The molecule has 6 rings (SSSR count). The Morgan fingerprint density at radius 1 is 1.14 bits per heavy atom. The van der Waals surface area contributed by atoms with Crippen LogP contribution in [0.4, 0.5) is 24.5 Å². The zero-order valence-electron chi connectivity index (χ0n) is 27.5. The maximum Gasteiger partial charge on any atom is 0.416 e. The van der Waals surface area contributed by atoms with E-state index in [2.05, 4.69) is 25.7 Å². The molecule has 0 radical (unpaired) electrons. The van der Waals surface area contributed by atoms with Crippen LogP contribution in [0.2, 0.25) is 5.02 Å². The number of methoxy groups -OCH3 is 1. The number of benzene rings is 1. The number of nitrogens with zero attached hydrogens (tertiary/aromatic N) is 8. The van der Waals surface area contributed by atoms with Crippen molar-refractivity contribution in [3.8, 4) is 5.75 Å². The molecule has 0 unspecified atom stereocenters. The Kier molecular flexibility index (Phi) is 9.80. The highest BCUT2D eigenvalue weighted by molar-refractivity contribution is 6.33. The number of ether oxygens (including phenoxy) is 1. The van der Waals surface area contributed by atoms with Gasteiger partial charge in [0.25, 0.3) is 11.5 Å². The predicted octanol–water partition coefficient (Wildman–Crippen LogP) is 3.21. The van der Waals surface area contributed by atoms with Gasteiger partial charge in [0.05, 0.1) is 34.8 Å². The molecule has 18 heteroatoms. The average molecular weight is 715 g/mol. The van der Waals surface area contributed by atoms with Crippen LogP contribution in [-0.2, 0) is 23.9 Å². The van der Waals surface area contributed by atoms with E-state index in [9.17, 15) is 27.6 Å². The highest BCUT2D eigenvalue weighted by Crippen LogP contribution is 2.34. The molecule has 4 aromatic rings. The number of aryl methyl sites for hydroxylation is 1. The standard InChI is InChI=1S/C32H34ClF3N10O4/c1-4-23-26(43-11-13-44(14-12-43)29(48)25-27(50-3)18(2)38-17-39-25)30(49)46-31(41-28(42-46)19-7-9-37-10-8-19)45(23)16-24(47)40-22-6-5-20(15-21(22)33)32(34,35)36/h5-7,15,17,37H,4,8-14,16H2,1-3H3,(H,40,47). The van der Waals surface area contributed by atoms with Gasteiger partial charge in [0.15, 0.2) is 17.3 Å². The lowest BCUT2D eigenvalue weighted by Gasteiger charge is -2.36. The molecule has 2 N–H and O–H groups in total. The van der Waals surface area contributed by atoms with Crippen molar-refractivity contribution < 1.29 is 27.5 Å². The molecule has 0 saturated carbocycles. The number of rotatable bonds is 8. The number of alkyl halides is 3. The molecule has 0 aliphatic carbocycles. The van der Waals surface area contributed by atoms with E-state index in [1.165, 1.54) is 18.0 Å². The van der Waals surface area contributed by atoms with Gasteiger partial charge in [-0.1, -0.05) is 24.6 Å². The predicted molar refractivity (Wildman–Crippen MR) is 179 cm³/mol. The summed E-state index contributed by atoms with van der Waals surface area (Å²) in [6, 6.07) is 2.67. The van der Waals surface area contributed by atoms with E-state index in [4.69, 9.17) is 21.3 Å². The van der Waals surface area contributed by atoms with Crippen LogP contribution in [0.5, 0.6) is 5.75 Å². The maximum absolute atomic E-state index is 14.2. The summed E-state index contributed by atoms with van der Waals surface area (Å²) in [6.07, 6.45) is -0.395. The van der Waals surface area contributed by atoms with Crippen LogP contribution < -0.4 is 25.8 Å². The monoisotopic (exact) mass is 714 g/mol. The molecule has 0 spiro atoms. The average Bonchev–Trinajstić information content (AvgIpc) is 3.56. The lowest BCUT2D eigenvalue weighted by Crippen LogP contribution is -2.51. The third-order valence-corrected chi connectivity index (χ3v) is 8.97. The van der Waals surface area contributed by atoms with Crippen molar-refractivity contribution in [2.75, 3.05) is 56.6 Å². The van der Waals surface area contributed by atoms with Gasteiger partial charge in [0, 0.05) is 32.7 Å². The Labute approximate surface area is 288 Å². The molecular weight excluding hydrogens is 681 g/mol. The van der Waals surface area contributed by atoms with Crippen LogP contribution in [-0.4, -0.2) is 92.2 Å². The molecule has 3 aromatic heterocycles. The van der Waals surface area contributed by atoms with E-state index in [0.29, 0.717) is 54.6 Å². The van der Waals surface area contributed by atoms with Crippen molar-refractivity contribution in [2.45, 2.75) is 39.4 Å². The summed E-state index contributed by atoms with van der Waals surface area (Å²) >= 11 is 6.12. The van der Waals surface area contributed by atoms with Gasteiger partial charge in [-0.2, -0.15) is 22.7 Å². The molecule has 1 saturated heterocycles. The fourth-order valence-electron chi connectivity index (χ4n) is 6.16. The largest absolute Gasteiger partial charge is 0.492 e. The fourth-order valence-corrected chi connectivity index (χ4v) is 6.39. The van der Waals surface area contributed by atoms with E-state index in [1.807, 2.05) is 17.9 Å². The van der Waals surface area contributed by atoms with Gasteiger partial charge >= 0.3 is 6.18 Å². The highest BCUT2D eigenvalue weighted by Gasteiger charge is 2.32. The first-order valence-corrected chi connectivity index (χ1v) is 16.3. The van der Waals surface area contributed by atoms with Crippen molar-refractivity contribution in [1.29, 1.82) is 0 Å². The number of hydrogen-bond acceptors (Lipinski definition) is 10. The molecular formula is C32H34ClF3N10O4. The Morgan fingerprint density at radius 3 is 2.54 bits per heavy atom. The number of nitrogens with one attached hydrogen (secondary N) is 2. The van der Waals surface area contributed by atoms with Gasteiger partial charge in [-0.15, -0.1) is 5.10 Å². The third kappa shape index (κ3) is 6.74. The molecule has 2 amide bonds. The summed E-state index contributed by atoms with van der Waals surface area (Å²) in [5, 5.41) is 10.1. The lowest BCUT2D eigenvalue weighted by molar-refractivity contribution is -0.137. The van der Waals surface area contributed by atoms with Crippen molar-refractivity contribution in [2.24, 2.45) is 0 Å². The molecule has 0 atom stereocenters. The first-order valence-electron chi connectivity index (χ1n) is 15.9. The normalized spacial score (nSPS) is 15.3. The van der Waals surface area contributed by atoms with Crippen molar-refractivity contribution >= 4 is 46.1 Å². The Hall–Kier alpha value is -5.03. The second-order valence-electron chi connectivity index (χ2n) is 11.7. The summed E-state index contributed by atoms with van der Waals surface area (Å²) in [5.41, 5.74) is 0.953. The number of aromatic nitrogens is 6. The quantitative estimate of drug-likeness (QED) is 0.279. The first-order chi connectivity index (χ1) is 23.9. The third-order valence-electron chi connectivity index (χ3n) is 8.66. The molecule has 0 bridgehead atoms. The number of anilines is 2. The number of amides is 2. The van der Waals surface area contributed by atoms with E-state index in [0.717, 1.165) is 23.8 Å². The van der Waals surface area contributed by atoms with E-state index < -0.39 is 23.2 Å². The van der Waals surface area contributed by atoms with Crippen molar-refractivity contribution in [3.63, 3.8) is 0 Å². The van der Waals surface area contributed by atoms with Gasteiger partial charge < -0.3 is 29.7 Å². The molecule has 2 aliphatic rings. The Morgan fingerprint density at radius 2 is 1.90 bits per heavy atom. The summed E-state index contributed by atoms with van der Waals surface area (Å²) in [5.74, 6) is -0.146. The minimum atomic E-state index is -4.60. The van der Waals surface area contributed by atoms with Gasteiger partial charge in [0.2, 0.25) is 11.7 Å². The van der Waals surface area contributed by atoms with Crippen LogP contribution in [0.25, 0.3) is 11.4 Å². The van der Waals surface area contributed by atoms with Crippen molar-refractivity contribution in [3.05, 3.63) is 74.4 Å². The minimum Gasteiger partial charge on any atom is -0.492 e. The lowest BCUT2D eigenvalue weighted by atomic mass is 10.1. The van der Waals surface area contributed by atoms with E-state index >= 15 is 0 Å². The number of halogens is 4. The summed E-state index contributed by atoms with van der Waals surface area (Å²) in [7, 11) is 1.45. The van der Waals surface area contributed by atoms with Gasteiger partial charge in [0.1, 0.15) is 18.6 Å². The zero-order chi connectivity index (χ0) is 35.7. The molecule has 50 heavy (non-hydrogen) atoms. The summed E-state index contributed by atoms with van der Waals surface area (Å²) < 4.78 is 47.7. The molecule has 2 aliphatic heterocycles. The number of hydrogen-bond donors (Lipinski definition) is 2. The van der Waals surface area contributed by atoms with E-state index in [1.54, 1.807) is 16.4 Å². The molecule has 264 valence electrons. The summed E-state index contributed by atoms with van der Waals surface area (Å²) in [4.78, 5) is 57.6. The number of fused-ring (bicyclic) bond motifs is 1. The van der Waals surface area contributed by atoms with Gasteiger partial charge in [-0.25, -0.2) is 9.97 Å². The van der Waals surface area contributed by atoms with Crippen LogP contribution in [0, 0.1) is 6.92 Å². The second kappa shape index (κ2) is 14.1. The minimum absolute atomic E-state index is 0.00155. The fraction of sp³-hybridized carbons (Fsp3) is 0.406. The van der Waals surface area contributed by atoms with Gasteiger partial charge in [-0.3, -0.25) is 14.4 Å². The smallest absolute Gasteiger partial charge is 0.416 e. The summed E-state index contributed by atoms with van der Waals surface area (Å²) in [6.45, 7) is 5.64. The molecule has 5 heterocycles. The molecule has 1 aromatic carbocycles. The molecule has 14 nitrogen and oxygen atoms in total. The van der Waals surface area contributed by atoms with Crippen molar-refractivity contribution in [1.82, 2.24) is 39.3 Å². The van der Waals surface area contributed by atoms with Crippen LogP contribution in [0.1, 0.15) is 46.6 Å². The SMILES string of the molecule is CCc1c(N2CCN(C(=O)c3ncnc(C)c3OC)CC2)c(=O)n2nc(C3=CCNCC3)nc2n1CC(=O)Nc1ccc(C(F)(F)F)cc1Cl. The number of carbonyl (C=O) groups is 2. The Bertz CT molecular complexity index is 2050. The molecule has 1 fully saturated rings. The van der Waals surface area contributed by atoms with Crippen LogP contribution >= 0.6 is 11.6 Å². The van der Waals surface area contributed by atoms with Crippen LogP contribution in [0.15, 0.2) is 35.4 Å². The highest BCUT2D eigenvalue weighted by atomic mass is 35.5. The Balaban J connectivity index is 1.34. The second-order valence-corrected chi connectivity index (χ2v) is 12.1.